The first-order valence-electron chi connectivity index (χ1n) is 13.2. The van der Waals surface area contributed by atoms with Crippen LogP contribution in [0.4, 0.5) is 0 Å². The lowest BCUT2D eigenvalue weighted by molar-refractivity contribution is -0.132. The zero-order chi connectivity index (χ0) is 29.8. The van der Waals surface area contributed by atoms with Crippen molar-refractivity contribution in [2.75, 3.05) is 13.1 Å². The van der Waals surface area contributed by atoms with Crippen LogP contribution in [0.5, 0.6) is 5.75 Å². The molecule has 1 fully saturated rings. The molecule has 1 aliphatic heterocycles. The van der Waals surface area contributed by atoms with Crippen LogP contribution in [0, 0.1) is 5.92 Å². The number of amides is 4. The number of nitrogens with zero attached hydrogens (tertiary/aromatic N) is 1. The second-order valence-electron chi connectivity index (χ2n) is 10.4. The van der Waals surface area contributed by atoms with Crippen molar-refractivity contribution in [1.29, 1.82) is 0 Å². The molecule has 0 spiro atoms. The molecule has 1 aliphatic rings. The minimum atomic E-state index is -0.945. The van der Waals surface area contributed by atoms with Gasteiger partial charge in [-0.05, 0) is 55.0 Å². The third-order valence-electron chi connectivity index (χ3n) is 6.80. The van der Waals surface area contributed by atoms with Crippen LogP contribution in [0.15, 0.2) is 56.1 Å². The standard InChI is InChI=1S/C29H31BrN4O7/c1-15(2)12-20(27(38)32-14-23(31)36)33-28(39)21-4-3-11-34(21)29(40)26-24(16-5-7-17(30)8-6-16)25(37)19-10-9-18(35)13-22(19)41-26/h5-10,13,15,20-21,35H,3-4,11-12,14H2,1-2H3,(H2,31,36)(H,32,38)(H,33,39)/t20-,21+/m1/s1. The molecular formula is C29H31BrN4O7. The predicted octanol–water partition coefficient (Wildman–Crippen LogP) is 2.67. The molecule has 1 saturated heterocycles. The Bertz CT molecular complexity index is 1550. The minimum Gasteiger partial charge on any atom is -0.508 e. The summed E-state index contributed by atoms with van der Waals surface area (Å²) in [5.41, 5.74) is 5.19. The van der Waals surface area contributed by atoms with Crippen LogP contribution in [0.25, 0.3) is 22.1 Å². The number of halogens is 1. The van der Waals surface area contributed by atoms with Crippen LogP contribution in [0.1, 0.15) is 43.7 Å². The lowest BCUT2D eigenvalue weighted by Gasteiger charge is -2.27. The summed E-state index contributed by atoms with van der Waals surface area (Å²) in [6, 6.07) is 8.99. The van der Waals surface area contributed by atoms with E-state index in [0.29, 0.717) is 24.8 Å². The highest BCUT2D eigenvalue weighted by atomic mass is 79.9. The zero-order valence-electron chi connectivity index (χ0n) is 22.6. The van der Waals surface area contributed by atoms with Crippen LogP contribution in [-0.4, -0.2) is 58.8 Å². The molecule has 2 atom stereocenters. The highest BCUT2D eigenvalue weighted by molar-refractivity contribution is 9.10. The van der Waals surface area contributed by atoms with Gasteiger partial charge in [0.1, 0.15) is 23.4 Å². The Morgan fingerprint density at radius 1 is 1.15 bits per heavy atom. The molecule has 4 rings (SSSR count). The molecule has 0 aliphatic carbocycles. The number of primary amides is 1. The number of nitrogens with one attached hydrogen (secondary N) is 2. The summed E-state index contributed by atoms with van der Waals surface area (Å²) in [7, 11) is 0. The van der Waals surface area contributed by atoms with Gasteiger partial charge < -0.3 is 30.8 Å². The third-order valence-corrected chi connectivity index (χ3v) is 7.33. The summed E-state index contributed by atoms with van der Waals surface area (Å²) in [6.07, 6.45) is 1.15. The first-order chi connectivity index (χ1) is 19.5. The molecule has 4 amide bonds. The summed E-state index contributed by atoms with van der Waals surface area (Å²) in [6.45, 7) is 3.62. The van der Waals surface area contributed by atoms with Crippen molar-refractivity contribution in [3.8, 4) is 16.9 Å². The quantitative estimate of drug-likeness (QED) is 0.282. The van der Waals surface area contributed by atoms with Crippen LogP contribution in [-0.2, 0) is 14.4 Å². The van der Waals surface area contributed by atoms with E-state index in [4.69, 9.17) is 10.2 Å². The van der Waals surface area contributed by atoms with Crippen molar-refractivity contribution < 1.29 is 28.7 Å². The maximum Gasteiger partial charge on any atom is 0.291 e. The van der Waals surface area contributed by atoms with E-state index in [-0.39, 0.29) is 47.0 Å². The van der Waals surface area contributed by atoms with Gasteiger partial charge in [-0.1, -0.05) is 41.9 Å². The summed E-state index contributed by atoms with van der Waals surface area (Å²) in [5, 5.41) is 15.3. The number of nitrogens with two attached hydrogens (primary N) is 1. The monoisotopic (exact) mass is 626 g/mol. The van der Waals surface area contributed by atoms with Crippen LogP contribution >= 0.6 is 15.9 Å². The fraction of sp³-hybridized carbons (Fsp3) is 0.345. The van der Waals surface area contributed by atoms with E-state index < -0.39 is 41.1 Å². The SMILES string of the molecule is CC(C)C[C@@H](NC(=O)[C@@H]1CCCN1C(=O)c1oc2cc(O)ccc2c(=O)c1-c1ccc(Br)cc1)C(=O)NCC(N)=O. The van der Waals surface area contributed by atoms with Gasteiger partial charge in [0.15, 0.2) is 0 Å². The second-order valence-corrected chi connectivity index (χ2v) is 11.3. The summed E-state index contributed by atoms with van der Waals surface area (Å²) >= 11 is 3.37. The molecule has 0 bridgehead atoms. The molecule has 1 aromatic heterocycles. The number of hydrogen-bond acceptors (Lipinski definition) is 7. The number of carbonyl (C=O) groups is 4. The average molecular weight is 627 g/mol. The Labute approximate surface area is 244 Å². The maximum atomic E-state index is 14.0. The van der Waals surface area contributed by atoms with Crippen molar-refractivity contribution in [2.24, 2.45) is 11.7 Å². The van der Waals surface area contributed by atoms with E-state index in [2.05, 4.69) is 26.6 Å². The van der Waals surface area contributed by atoms with E-state index in [1.165, 1.54) is 23.1 Å². The van der Waals surface area contributed by atoms with E-state index in [9.17, 15) is 29.1 Å². The van der Waals surface area contributed by atoms with Crippen molar-refractivity contribution in [3.63, 3.8) is 0 Å². The number of rotatable bonds is 9. The van der Waals surface area contributed by atoms with Gasteiger partial charge in [0.2, 0.25) is 28.9 Å². The number of hydrogen-bond donors (Lipinski definition) is 4. The van der Waals surface area contributed by atoms with E-state index in [0.717, 1.165) is 4.47 Å². The van der Waals surface area contributed by atoms with Gasteiger partial charge in [-0.15, -0.1) is 0 Å². The lowest BCUT2D eigenvalue weighted by Crippen LogP contribution is -2.54. The maximum absolute atomic E-state index is 14.0. The molecule has 5 N–H and O–H groups in total. The fourth-order valence-corrected chi connectivity index (χ4v) is 5.16. The van der Waals surface area contributed by atoms with Crippen LogP contribution < -0.4 is 21.8 Å². The molecule has 12 heteroatoms. The number of fused-ring (bicyclic) bond motifs is 1. The molecule has 0 unspecified atom stereocenters. The van der Waals surface area contributed by atoms with Gasteiger partial charge in [0, 0.05) is 17.1 Å². The topological polar surface area (TPSA) is 172 Å². The Morgan fingerprint density at radius 2 is 1.85 bits per heavy atom. The largest absolute Gasteiger partial charge is 0.508 e. The smallest absolute Gasteiger partial charge is 0.291 e. The van der Waals surface area contributed by atoms with Crippen LogP contribution in [0.3, 0.4) is 0 Å². The van der Waals surface area contributed by atoms with Crippen LogP contribution in [0.2, 0.25) is 0 Å². The number of carbonyl (C=O) groups excluding carboxylic acids is 4. The zero-order valence-corrected chi connectivity index (χ0v) is 24.2. The molecule has 41 heavy (non-hydrogen) atoms. The third kappa shape index (κ3) is 6.76. The Balaban J connectivity index is 1.69. The Kier molecular flexibility index (Phi) is 9.11. The summed E-state index contributed by atoms with van der Waals surface area (Å²) in [5.74, 6) is -2.83. The number of likely N-dealkylation sites (tertiary alicyclic amines) is 1. The van der Waals surface area contributed by atoms with E-state index in [1.807, 2.05) is 13.8 Å². The minimum absolute atomic E-state index is 0.0301. The first kappa shape index (κ1) is 29.8. The van der Waals surface area contributed by atoms with Crippen molar-refractivity contribution >= 4 is 50.5 Å². The average Bonchev–Trinajstić information content (AvgIpc) is 3.41. The van der Waals surface area contributed by atoms with Crippen molar-refractivity contribution in [2.45, 2.75) is 45.2 Å². The van der Waals surface area contributed by atoms with Gasteiger partial charge in [0.25, 0.3) is 5.91 Å². The Morgan fingerprint density at radius 3 is 2.51 bits per heavy atom. The molecular weight excluding hydrogens is 596 g/mol. The molecule has 216 valence electrons. The molecule has 0 radical (unpaired) electrons. The van der Waals surface area contributed by atoms with Gasteiger partial charge in [-0.25, -0.2) is 0 Å². The number of phenolic OH excluding ortho intramolecular Hbond substituents is 1. The number of benzene rings is 2. The second kappa shape index (κ2) is 12.5. The molecule has 0 saturated carbocycles. The van der Waals surface area contributed by atoms with Gasteiger partial charge in [-0.2, -0.15) is 0 Å². The molecule has 3 aromatic rings. The van der Waals surface area contributed by atoms with Gasteiger partial charge in [0.05, 0.1) is 17.5 Å². The normalized spacial score (nSPS) is 15.6. The summed E-state index contributed by atoms with van der Waals surface area (Å²) in [4.78, 5) is 66.2. The molecule has 2 heterocycles. The fourth-order valence-electron chi connectivity index (χ4n) is 4.89. The van der Waals surface area contributed by atoms with E-state index >= 15 is 0 Å². The van der Waals surface area contributed by atoms with Crippen molar-refractivity contribution in [3.05, 3.63) is 62.9 Å². The molecule has 2 aromatic carbocycles. The van der Waals surface area contributed by atoms with Crippen molar-refractivity contribution in [1.82, 2.24) is 15.5 Å². The van der Waals surface area contributed by atoms with E-state index in [1.54, 1.807) is 24.3 Å². The lowest BCUT2D eigenvalue weighted by atomic mass is 10.0. The number of phenols is 1. The predicted molar refractivity (Wildman–Crippen MR) is 155 cm³/mol. The Hall–Kier alpha value is -4.19. The van der Waals surface area contributed by atoms with Gasteiger partial charge in [-0.3, -0.25) is 24.0 Å². The highest BCUT2D eigenvalue weighted by Crippen LogP contribution is 2.30. The van der Waals surface area contributed by atoms with Gasteiger partial charge >= 0.3 is 0 Å². The first-order valence-corrected chi connectivity index (χ1v) is 14.0. The molecule has 11 nitrogen and oxygen atoms in total. The summed E-state index contributed by atoms with van der Waals surface area (Å²) < 4.78 is 6.74. The number of aromatic hydroxyl groups is 1. The highest BCUT2D eigenvalue weighted by Gasteiger charge is 2.38.